The van der Waals surface area contributed by atoms with Crippen LogP contribution >= 0.6 is 0 Å². The Morgan fingerprint density at radius 3 is 2.76 bits per heavy atom. The van der Waals surface area contributed by atoms with Crippen LogP contribution in [0.4, 0.5) is 4.39 Å². The minimum Gasteiger partial charge on any atom is -0.399 e. The topological polar surface area (TPSA) is 30.8 Å². The quantitative estimate of drug-likeness (QED) is 0.622. The highest BCUT2D eigenvalue weighted by atomic mass is 19.1. The molecule has 0 N–H and O–H groups in total. The van der Waals surface area contributed by atoms with Crippen molar-refractivity contribution in [3.05, 3.63) is 35.6 Å². The molecule has 2 aliphatic heterocycles. The first kappa shape index (κ1) is 14.5. The minimum atomic E-state index is -0.188. The van der Waals surface area contributed by atoms with Crippen LogP contribution in [0.3, 0.4) is 0 Å². The van der Waals surface area contributed by atoms with Crippen molar-refractivity contribution in [3.8, 4) is 0 Å². The number of halogens is 1. The SMILES string of the molecule is CCC(=NOC)[C@H]1[C@@H](c2ccc(F)cc2)CC2CC[C@H]1O2. The molecule has 0 aromatic heterocycles. The highest BCUT2D eigenvalue weighted by molar-refractivity contribution is 5.87. The van der Waals surface area contributed by atoms with Crippen LogP contribution in [0.1, 0.15) is 44.1 Å². The highest BCUT2D eigenvalue weighted by Crippen LogP contribution is 2.46. The molecule has 0 aliphatic carbocycles. The molecular weight excluding hydrogens is 269 g/mol. The van der Waals surface area contributed by atoms with Gasteiger partial charge in [0.2, 0.25) is 0 Å². The molecule has 2 bridgehead atoms. The number of nitrogens with zero attached hydrogens (tertiary/aromatic N) is 1. The van der Waals surface area contributed by atoms with Gasteiger partial charge in [-0.05, 0) is 49.3 Å². The molecule has 3 rings (SSSR count). The average Bonchev–Trinajstić information content (AvgIpc) is 2.88. The second-order valence-corrected chi connectivity index (χ2v) is 5.91. The Balaban J connectivity index is 1.95. The van der Waals surface area contributed by atoms with Gasteiger partial charge in [-0.15, -0.1) is 0 Å². The van der Waals surface area contributed by atoms with Crippen LogP contribution in [0.2, 0.25) is 0 Å². The Kier molecular flexibility index (Phi) is 4.24. The molecule has 21 heavy (non-hydrogen) atoms. The monoisotopic (exact) mass is 291 g/mol. The lowest BCUT2D eigenvalue weighted by atomic mass is 9.76. The summed E-state index contributed by atoms with van der Waals surface area (Å²) in [6, 6.07) is 6.89. The third-order valence-electron chi connectivity index (χ3n) is 4.74. The smallest absolute Gasteiger partial charge is 0.123 e. The van der Waals surface area contributed by atoms with Crippen LogP contribution in [-0.2, 0) is 9.57 Å². The van der Waals surface area contributed by atoms with Crippen molar-refractivity contribution in [2.75, 3.05) is 7.11 Å². The van der Waals surface area contributed by atoms with E-state index in [9.17, 15) is 4.39 Å². The van der Waals surface area contributed by atoms with Crippen LogP contribution in [0.15, 0.2) is 29.4 Å². The van der Waals surface area contributed by atoms with Gasteiger partial charge in [0.1, 0.15) is 12.9 Å². The lowest BCUT2D eigenvalue weighted by molar-refractivity contribution is -0.0249. The number of ether oxygens (including phenoxy) is 1. The number of oxime groups is 1. The molecule has 114 valence electrons. The molecule has 2 saturated heterocycles. The van der Waals surface area contributed by atoms with Crippen LogP contribution in [-0.4, -0.2) is 25.0 Å². The van der Waals surface area contributed by atoms with Crippen LogP contribution in [0.5, 0.6) is 0 Å². The molecular formula is C17H22FNO2. The molecule has 4 heteroatoms. The van der Waals surface area contributed by atoms with Gasteiger partial charge < -0.3 is 9.57 Å². The summed E-state index contributed by atoms with van der Waals surface area (Å²) in [5, 5.41) is 4.24. The standard InChI is InChI=1S/C17H22FNO2/c1-3-15(19-20-2)17-14(10-13-8-9-16(17)21-13)11-4-6-12(18)7-5-11/h4-7,13-14,16-17H,3,8-10H2,1-2H3/t13?,14-,16-,17-/m1/s1. The summed E-state index contributed by atoms with van der Waals surface area (Å²) in [6.07, 6.45) is 4.57. The van der Waals surface area contributed by atoms with E-state index in [1.54, 1.807) is 19.2 Å². The molecule has 0 amide bonds. The van der Waals surface area contributed by atoms with E-state index < -0.39 is 0 Å². The Hall–Kier alpha value is -1.42. The highest BCUT2D eigenvalue weighted by Gasteiger charge is 2.45. The molecule has 2 aliphatic rings. The fraction of sp³-hybridized carbons (Fsp3) is 0.588. The number of benzene rings is 1. The summed E-state index contributed by atoms with van der Waals surface area (Å²) in [5.41, 5.74) is 2.23. The first-order valence-electron chi connectivity index (χ1n) is 7.73. The lowest BCUT2D eigenvalue weighted by Gasteiger charge is -2.37. The first-order valence-corrected chi connectivity index (χ1v) is 7.73. The minimum absolute atomic E-state index is 0.188. The molecule has 2 heterocycles. The van der Waals surface area contributed by atoms with Crippen molar-refractivity contribution in [2.24, 2.45) is 11.1 Å². The summed E-state index contributed by atoms with van der Waals surface area (Å²) in [5.74, 6) is 0.386. The molecule has 0 saturated carbocycles. The molecule has 2 fully saturated rings. The molecule has 1 aromatic rings. The van der Waals surface area contributed by atoms with Gasteiger partial charge in [-0.1, -0.05) is 24.2 Å². The maximum absolute atomic E-state index is 13.2. The number of fused-ring (bicyclic) bond motifs is 2. The zero-order valence-corrected chi connectivity index (χ0v) is 12.6. The van der Waals surface area contributed by atoms with Crippen molar-refractivity contribution >= 4 is 5.71 Å². The van der Waals surface area contributed by atoms with Gasteiger partial charge in [-0.2, -0.15) is 0 Å². The Bertz CT molecular complexity index is 514. The van der Waals surface area contributed by atoms with E-state index in [0.717, 1.165) is 31.4 Å². The first-order chi connectivity index (χ1) is 10.2. The van der Waals surface area contributed by atoms with Gasteiger partial charge in [-0.25, -0.2) is 4.39 Å². The van der Waals surface area contributed by atoms with E-state index in [0.29, 0.717) is 12.0 Å². The Morgan fingerprint density at radius 1 is 1.33 bits per heavy atom. The maximum Gasteiger partial charge on any atom is 0.123 e. The predicted molar refractivity (Wildman–Crippen MR) is 79.9 cm³/mol. The van der Waals surface area contributed by atoms with E-state index in [2.05, 4.69) is 12.1 Å². The largest absolute Gasteiger partial charge is 0.399 e. The predicted octanol–water partition coefficient (Wildman–Crippen LogP) is 3.89. The summed E-state index contributed by atoms with van der Waals surface area (Å²) >= 11 is 0. The number of rotatable bonds is 4. The summed E-state index contributed by atoms with van der Waals surface area (Å²) < 4.78 is 19.3. The zero-order valence-electron chi connectivity index (χ0n) is 12.6. The Labute approximate surface area is 125 Å². The van der Waals surface area contributed by atoms with Crippen molar-refractivity contribution < 1.29 is 14.0 Å². The fourth-order valence-electron chi connectivity index (χ4n) is 3.84. The number of hydrogen-bond acceptors (Lipinski definition) is 3. The zero-order chi connectivity index (χ0) is 14.8. The Morgan fingerprint density at radius 2 is 2.10 bits per heavy atom. The van der Waals surface area contributed by atoms with E-state index in [1.807, 2.05) is 12.1 Å². The van der Waals surface area contributed by atoms with Gasteiger partial charge in [0.05, 0.1) is 17.9 Å². The molecule has 3 nitrogen and oxygen atoms in total. The van der Waals surface area contributed by atoms with Crippen LogP contribution in [0, 0.1) is 11.7 Å². The van der Waals surface area contributed by atoms with E-state index in [4.69, 9.17) is 9.57 Å². The van der Waals surface area contributed by atoms with Gasteiger partial charge in [-0.3, -0.25) is 0 Å². The van der Waals surface area contributed by atoms with E-state index in [-0.39, 0.29) is 17.8 Å². The van der Waals surface area contributed by atoms with Gasteiger partial charge in [0.25, 0.3) is 0 Å². The third-order valence-corrected chi connectivity index (χ3v) is 4.74. The molecule has 0 radical (unpaired) electrons. The van der Waals surface area contributed by atoms with Gasteiger partial charge in [0, 0.05) is 5.92 Å². The maximum atomic E-state index is 13.2. The lowest BCUT2D eigenvalue weighted by Crippen LogP contribution is -2.39. The van der Waals surface area contributed by atoms with E-state index in [1.165, 1.54) is 5.56 Å². The van der Waals surface area contributed by atoms with Gasteiger partial charge >= 0.3 is 0 Å². The number of hydrogen-bond donors (Lipinski definition) is 0. The molecule has 4 atom stereocenters. The summed E-state index contributed by atoms with van der Waals surface area (Å²) in [4.78, 5) is 5.03. The van der Waals surface area contributed by atoms with Crippen molar-refractivity contribution in [3.63, 3.8) is 0 Å². The fourth-order valence-corrected chi connectivity index (χ4v) is 3.84. The van der Waals surface area contributed by atoms with Crippen molar-refractivity contribution in [1.82, 2.24) is 0 Å². The summed E-state index contributed by atoms with van der Waals surface area (Å²) in [7, 11) is 1.59. The van der Waals surface area contributed by atoms with Crippen molar-refractivity contribution in [2.45, 2.75) is 50.7 Å². The summed E-state index contributed by atoms with van der Waals surface area (Å²) in [6.45, 7) is 2.10. The molecule has 1 aromatic carbocycles. The van der Waals surface area contributed by atoms with E-state index >= 15 is 0 Å². The average molecular weight is 291 g/mol. The second-order valence-electron chi connectivity index (χ2n) is 5.91. The van der Waals surface area contributed by atoms with Crippen molar-refractivity contribution in [1.29, 1.82) is 0 Å². The third kappa shape index (κ3) is 2.82. The normalized spacial score (nSPS) is 32.2. The molecule has 1 unspecified atom stereocenters. The van der Waals surface area contributed by atoms with Gasteiger partial charge in [0.15, 0.2) is 0 Å². The van der Waals surface area contributed by atoms with Crippen LogP contribution < -0.4 is 0 Å². The van der Waals surface area contributed by atoms with Crippen LogP contribution in [0.25, 0.3) is 0 Å². The second kappa shape index (κ2) is 6.14. The molecule has 0 spiro atoms.